The number of halogens is 1. The summed E-state index contributed by atoms with van der Waals surface area (Å²) in [6.45, 7) is 3.88. The number of methoxy groups -OCH3 is 1. The Hall–Kier alpha value is -3.59. The summed E-state index contributed by atoms with van der Waals surface area (Å²) in [6, 6.07) is 9.47. The van der Waals surface area contributed by atoms with Gasteiger partial charge in [-0.05, 0) is 54.7 Å². The third kappa shape index (κ3) is 5.85. The second kappa shape index (κ2) is 11.5. The first-order valence-electron chi connectivity index (χ1n) is 10.8. The quantitative estimate of drug-likeness (QED) is 0.438. The van der Waals surface area contributed by atoms with Gasteiger partial charge in [0.2, 0.25) is 5.91 Å². The van der Waals surface area contributed by atoms with Crippen LogP contribution >= 0.6 is 11.3 Å². The maximum atomic E-state index is 13.3. The molecule has 2 heterocycles. The lowest BCUT2D eigenvalue weighted by molar-refractivity contribution is -0.117. The number of ether oxygens (including phenoxy) is 1. The molecule has 0 aliphatic carbocycles. The van der Waals surface area contributed by atoms with Crippen LogP contribution < -0.4 is 10.6 Å². The molecule has 9 heteroatoms. The number of nitrogens with one attached hydrogen (secondary N) is 2. The second-order valence-electron chi connectivity index (χ2n) is 7.62. The van der Waals surface area contributed by atoms with Crippen LogP contribution in [0.2, 0.25) is 0 Å². The number of esters is 1. The van der Waals surface area contributed by atoms with Crippen molar-refractivity contribution in [3.63, 3.8) is 0 Å². The van der Waals surface area contributed by atoms with Crippen molar-refractivity contribution in [3.05, 3.63) is 81.7 Å². The lowest BCUT2D eigenvalue weighted by atomic mass is 9.95. The molecule has 7 nitrogen and oxygen atoms in total. The summed E-state index contributed by atoms with van der Waals surface area (Å²) >= 11 is 1.02. The van der Waals surface area contributed by atoms with E-state index in [1.165, 1.54) is 19.2 Å². The maximum absolute atomic E-state index is 13.3. The molecule has 1 aromatic carbocycles. The minimum Gasteiger partial charge on any atom is -0.465 e. The molecule has 3 rings (SSSR count). The molecule has 2 amide bonds. The van der Waals surface area contributed by atoms with Gasteiger partial charge in [-0.3, -0.25) is 14.6 Å². The van der Waals surface area contributed by atoms with Crippen LogP contribution in [0.4, 0.5) is 9.39 Å². The number of aromatic nitrogens is 1. The summed E-state index contributed by atoms with van der Waals surface area (Å²) in [5.74, 6) is -2.29. The highest BCUT2D eigenvalue weighted by molar-refractivity contribution is 7.18. The van der Waals surface area contributed by atoms with Crippen molar-refractivity contribution >= 4 is 34.1 Å². The van der Waals surface area contributed by atoms with Crippen molar-refractivity contribution in [2.75, 3.05) is 19.0 Å². The number of carbonyl (C=O) groups is 3. The molecular formula is C25H26FN3O4S. The molecule has 0 bridgehead atoms. The fraction of sp³-hybridized carbons (Fsp3) is 0.280. The normalized spacial score (nSPS) is 11.5. The summed E-state index contributed by atoms with van der Waals surface area (Å²) in [6.07, 6.45) is 4.49. The van der Waals surface area contributed by atoms with E-state index in [4.69, 9.17) is 4.74 Å². The highest BCUT2D eigenvalue weighted by Crippen LogP contribution is 2.35. The van der Waals surface area contributed by atoms with Crippen molar-refractivity contribution in [1.82, 2.24) is 10.3 Å². The van der Waals surface area contributed by atoms with Crippen LogP contribution in [0.15, 0.2) is 48.8 Å². The van der Waals surface area contributed by atoms with Gasteiger partial charge in [0.25, 0.3) is 5.91 Å². The first-order valence-corrected chi connectivity index (χ1v) is 11.6. The average molecular weight is 484 g/mol. The molecule has 2 N–H and O–H groups in total. The summed E-state index contributed by atoms with van der Waals surface area (Å²) in [5.41, 5.74) is 2.22. The van der Waals surface area contributed by atoms with E-state index in [-0.39, 0.29) is 28.2 Å². The van der Waals surface area contributed by atoms with Gasteiger partial charge >= 0.3 is 5.97 Å². The average Bonchev–Trinajstić information content (AvgIpc) is 3.16. The van der Waals surface area contributed by atoms with Gasteiger partial charge in [0.05, 0.1) is 23.5 Å². The van der Waals surface area contributed by atoms with Crippen LogP contribution in [0.3, 0.4) is 0 Å². The van der Waals surface area contributed by atoms with Crippen LogP contribution in [0.1, 0.15) is 56.0 Å². The number of rotatable bonds is 9. The topological polar surface area (TPSA) is 97.4 Å². The van der Waals surface area contributed by atoms with E-state index in [1.807, 2.05) is 19.1 Å². The van der Waals surface area contributed by atoms with Gasteiger partial charge in [0.1, 0.15) is 10.8 Å². The molecule has 34 heavy (non-hydrogen) atoms. The molecule has 0 saturated heterocycles. The molecule has 2 aromatic heterocycles. The Balaban J connectivity index is 1.80. The van der Waals surface area contributed by atoms with Crippen molar-refractivity contribution in [2.24, 2.45) is 0 Å². The van der Waals surface area contributed by atoms with E-state index in [9.17, 15) is 18.8 Å². The van der Waals surface area contributed by atoms with E-state index in [1.54, 1.807) is 31.5 Å². The van der Waals surface area contributed by atoms with E-state index in [0.29, 0.717) is 35.4 Å². The van der Waals surface area contributed by atoms with Gasteiger partial charge in [-0.2, -0.15) is 0 Å². The predicted molar refractivity (Wildman–Crippen MR) is 129 cm³/mol. The standard InChI is InChI=1S/C25H26FN3O4S/c1-4-19(17-7-9-18(26)10-8-17)22(30)29-24-20(25(32)33-3)15(2)21(34-24)23(31)28-13-11-16-6-5-12-27-14-16/h5-10,12,14,19H,4,11,13H2,1-3H3,(H,28,31)(H,29,30). The zero-order chi connectivity index (χ0) is 24.7. The van der Waals surface area contributed by atoms with Crippen LogP contribution in [0.5, 0.6) is 0 Å². The van der Waals surface area contributed by atoms with Gasteiger partial charge in [0.15, 0.2) is 0 Å². The number of amides is 2. The van der Waals surface area contributed by atoms with Crippen molar-refractivity contribution in [2.45, 2.75) is 32.6 Å². The fourth-order valence-electron chi connectivity index (χ4n) is 3.58. The molecule has 0 spiro atoms. The lowest BCUT2D eigenvalue weighted by Gasteiger charge is -2.15. The lowest BCUT2D eigenvalue weighted by Crippen LogP contribution is -2.25. The van der Waals surface area contributed by atoms with Crippen LogP contribution in [0, 0.1) is 12.7 Å². The first-order chi connectivity index (χ1) is 16.3. The van der Waals surface area contributed by atoms with Gasteiger partial charge in [-0.25, -0.2) is 9.18 Å². The molecule has 1 atom stereocenters. The minimum absolute atomic E-state index is 0.146. The minimum atomic E-state index is -0.645. The summed E-state index contributed by atoms with van der Waals surface area (Å²) in [7, 11) is 1.24. The number of thiophene rings is 1. The molecule has 0 saturated carbocycles. The largest absolute Gasteiger partial charge is 0.465 e. The monoisotopic (exact) mass is 483 g/mol. The number of benzene rings is 1. The van der Waals surface area contributed by atoms with Gasteiger partial charge in [-0.15, -0.1) is 11.3 Å². The highest BCUT2D eigenvalue weighted by atomic mass is 32.1. The molecule has 1 unspecified atom stereocenters. The van der Waals surface area contributed by atoms with E-state index >= 15 is 0 Å². The Morgan fingerprint density at radius 1 is 1.18 bits per heavy atom. The molecule has 3 aromatic rings. The second-order valence-corrected chi connectivity index (χ2v) is 8.64. The van der Waals surface area contributed by atoms with E-state index < -0.39 is 11.9 Å². The highest BCUT2D eigenvalue weighted by Gasteiger charge is 2.28. The molecule has 0 aliphatic heterocycles. The third-order valence-corrected chi connectivity index (χ3v) is 6.60. The van der Waals surface area contributed by atoms with Crippen LogP contribution in [-0.4, -0.2) is 36.4 Å². The number of hydrogen-bond donors (Lipinski definition) is 2. The Labute approximate surface area is 201 Å². The molecular weight excluding hydrogens is 457 g/mol. The first kappa shape index (κ1) is 25.0. The van der Waals surface area contributed by atoms with Crippen molar-refractivity contribution in [3.8, 4) is 0 Å². The van der Waals surface area contributed by atoms with E-state index in [0.717, 1.165) is 16.9 Å². The number of pyridine rings is 1. The SMILES string of the molecule is CCC(C(=O)Nc1sc(C(=O)NCCc2cccnc2)c(C)c1C(=O)OC)c1ccc(F)cc1. The number of nitrogens with zero attached hydrogens (tertiary/aromatic N) is 1. The van der Waals surface area contributed by atoms with E-state index in [2.05, 4.69) is 15.6 Å². The number of anilines is 1. The van der Waals surface area contributed by atoms with Gasteiger partial charge in [0, 0.05) is 18.9 Å². The fourth-order valence-corrected chi connectivity index (χ4v) is 4.69. The number of hydrogen-bond acceptors (Lipinski definition) is 6. The Morgan fingerprint density at radius 3 is 2.53 bits per heavy atom. The third-order valence-electron chi connectivity index (χ3n) is 5.40. The Bertz CT molecular complexity index is 1160. The summed E-state index contributed by atoms with van der Waals surface area (Å²) < 4.78 is 18.2. The molecule has 0 aliphatic rings. The molecule has 0 fully saturated rings. The predicted octanol–water partition coefficient (Wildman–Crippen LogP) is 4.48. The van der Waals surface area contributed by atoms with Crippen LogP contribution in [0.25, 0.3) is 0 Å². The zero-order valence-corrected chi connectivity index (χ0v) is 20.0. The van der Waals surface area contributed by atoms with Crippen LogP contribution in [-0.2, 0) is 16.0 Å². The molecule has 0 radical (unpaired) electrons. The Kier molecular flexibility index (Phi) is 8.48. The van der Waals surface area contributed by atoms with Crippen molar-refractivity contribution in [1.29, 1.82) is 0 Å². The number of carbonyl (C=O) groups excluding carboxylic acids is 3. The van der Waals surface area contributed by atoms with Crippen molar-refractivity contribution < 1.29 is 23.5 Å². The Morgan fingerprint density at radius 2 is 1.91 bits per heavy atom. The smallest absolute Gasteiger partial charge is 0.341 e. The summed E-state index contributed by atoms with van der Waals surface area (Å²) in [4.78, 5) is 42.7. The van der Waals surface area contributed by atoms with Gasteiger partial charge in [-0.1, -0.05) is 25.1 Å². The maximum Gasteiger partial charge on any atom is 0.341 e. The zero-order valence-electron chi connectivity index (χ0n) is 19.2. The van der Waals surface area contributed by atoms with Gasteiger partial charge < -0.3 is 15.4 Å². The molecule has 178 valence electrons. The summed E-state index contributed by atoms with van der Waals surface area (Å²) in [5, 5.41) is 5.88.